The maximum atomic E-state index is 13.8. The first-order chi connectivity index (χ1) is 23.3. The number of hydrogen-bond acceptors (Lipinski definition) is 9. The molecule has 2 aromatic heterocycles. The molecule has 2 amide bonds. The lowest BCUT2D eigenvalue weighted by molar-refractivity contribution is -0.286. The van der Waals surface area contributed by atoms with Crippen LogP contribution in [-0.4, -0.2) is 57.2 Å². The highest BCUT2D eigenvalue weighted by Crippen LogP contribution is 2.48. The molecule has 4 aromatic rings. The molecule has 0 spiro atoms. The molecule has 2 aliphatic carbocycles. The summed E-state index contributed by atoms with van der Waals surface area (Å²) in [7, 11) is 0. The molecule has 1 atom stereocenters. The summed E-state index contributed by atoms with van der Waals surface area (Å²) in [6.07, 6.45) is -0.375. The Morgan fingerprint density at radius 2 is 1.90 bits per heavy atom. The van der Waals surface area contributed by atoms with Crippen molar-refractivity contribution in [1.29, 1.82) is 0 Å². The number of halogens is 4. The number of ether oxygens (including phenoxy) is 4. The standard InChI is InChI=1S/C33H31F4N5O7/c1-2-46-29-17(13-26(38)43)12-25(40-28(29)16-3-8-22-23(10-16)49-33(36,37)48-22)32(45,20-4-5-20)15-39-30(44)18-9-19-14-42(31(34)35)41-27(19)24(11-18)47-21-6-7-21/h3,8-12,14,20-21,31,45H,2,4-7,13,15H2,1H3,(H2,38,43)(H,39,44)/t32-/m1/s1. The molecule has 2 aromatic carbocycles. The van der Waals surface area contributed by atoms with Crippen molar-refractivity contribution < 1.29 is 51.2 Å². The van der Waals surface area contributed by atoms with Crippen molar-refractivity contribution in [2.45, 2.75) is 63.6 Å². The van der Waals surface area contributed by atoms with Crippen molar-refractivity contribution in [3.8, 4) is 34.3 Å². The number of aromatic nitrogens is 3. The Morgan fingerprint density at radius 3 is 2.57 bits per heavy atom. The van der Waals surface area contributed by atoms with E-state index < -0.39 is 30.3 Å². The van der Waals surface area contributed by atoms with Crippen molar-refractivity contribution in [2.24, 2.45) is 11.7 Å². The lowest BCUT2D eigenvalue weighted by Crippen LogP contribution is -2.43. The topological polar surface area (TPSA) is 160 Å². The summed E-state index contributed by atoms with van der Waals surface area (Å²) in [4.78, 5) is 30.4. The highest BCUT2D eigenvalue weighted by Gasteiger charge is 2.48. The van der Waals surface area contributed by atoms with Crippen LogP contribution in [0.5, 0.6) is 23.0 Å². The van der Waals surface area contributed by atoms with Gasteiger partial charge in [0.1, 0.15) is 28.3 Å². The Balaban J connectivity index is 1.24. The van der Waals surface area contributed by atoms with Gasteiger partial charge in [-0.1, -0.05) is 0 Å². The van der Waals surface area contributed by atoms with Crippen LogP contribution in [-0.2, 0) is 16.8 Å². The van der Waals surface area contributed by atoms with E-state index in [4.69, 9.17) is 20.2 Å². The molecule has 0 radical (unpaired) electrons. The number of benzene rings is 2. The molecule has 0 unspecified atom stereocenters. The monoisotopic (exact) mass is 685 g/mol. The lowest BCUT2D eigenvalue weighted by atomic mass is 9.90. The van der Waals surface area contributed by atoms with Crippen LogP contribution in [0.4, 0.5) is 17.6 Å². The molecule has 3 aliphatic rings. The Kier molecular flexibility index (Phi) is 8.00. The van der Waals surface area contributed by atoms with E-state index in [9.17, 15) is 32.3 Å². The summed E-state index contributed by atoms with van der Waals surface area (Å²) in [5, 5.41) is 19.2. The van der Waals surface area contributed by atoms with Gasteiger partial charge in [-0.15, -0.1) is 8.78 Å². The van der Waals surface area contributed by atoms with Gasteiger partial charge in [0.2, 0.25) is 5.91 Å². The molecule has 0 bridgehead atoms. The summed E-state index contributed by atoms with van der Waals surface area (Å²) < 4.78 is 75.9. The molecule has 3 heterocycles. The molecule has 16 heteroatoms. The van der Waals surface area contributed by atoms with Crippen LogP contribution < -0.4 is 30.0 Å². The summed E-state index contributed by atoms with van der Waals surface area (Å²) in [5.41, 5.74) is 4.84. The number of fused-ring (bicyclic) bond motifs is 2. The highest BCUT2D eigenvalue weighted by atomic mass is 19.3. The molecule has 12 nitrogen and oxygen atoms in total. The molecule has 1 aliphatic heterocycles. The summed E-state index contributed by atoms with van der Waals surface area (Å²) in [6, 6.07) is 8.34. The largest absolute Gasteiger partial charge is 0.586 e. The van der Waals surface area contributed by atoms with Crippen LogP contribution in [0, 0.1) is 5.92 Å². The number of aliphatic hydroxyl groups is 1. The van der Waals surface area contributed by atoms with Gasteiger partial charge < -0.3 is 35.1 Å². The Labute approximate surface area is 276 Å². The zero-order valence-electron chi connectivity index (χ0n) is 26.1. The van der Waals surface area contributed by atoms with Crippen molar-refractivity contribution in [1.82, 2.24) is 20.1 Å². The number of amides is 2. The van der Waals surface area contributed by atoms with Gasteiger partial charge in [0.05, 0.1) is 31.4 Å². The number of hydrogen-bond donors (Lipinski definition) is 3. The third-order valence-electron chi connectivity index (χ3n) is 8.46. The van der Waals surface area contributed by atoms with Crippen LogP contribution in [0.15, 0.2) is 42.6 Å². The molecule has 7 rings (SSSR count). The number of primary amides is 1. The second kappa shape index (κ2) is 12.1. The third-order valence-corrected chi connectivity index (χ3v) is 8.46. The van der Waals surface area contributed by atoms with E-state index in [1.807, 2.05) is 0 Å². The highest BCUT2D eigenvalue weighted by molar-refractivity contribution is 6.00. The average molecular weight is 686 g/mol. The number of nitrogens with two attached hydrogens (primary N) is 1. The summed E-state index contributed by atoms with van der Waals surface area (Å²) >= 11 is 0. The third kappa shape index (κ3) is 6.51. The number of nitrogens with one attached hydrogen (secondary N) is 1. The zero-order chi connectivity index (χ0) is 34.7. The van der Waals surface area contributed by atoms with Gasteiger partial charge in [-0.3, -0.25) is 9.59 Å². The van der Waals surface area contributed by atoms with Crippen LogP contribution in [0.25, 0.3) is 22.2 Å². The van der Waals surface area contributed by atoms with Gasteiger partial charge in [-0.05, 0) is 74.9 Å². The minimum absolute atomic E-state index is 0.0828. The van der Waals surface area contributed by atoms with Crippen LogP contribution in [0.2, 0.25) is 0 Å². The molecule has 258 valence electrons. The first-order valence-corrected chi connectivity index (χ1v) is 15.7. The minimum atomic E-state index is -3.86. The average Bonchev–Trinajstić information content (AvgIpc) is 3.98. The van der Waals surface area contributed by atoms with Gasteiger partial charge in [-0.2, -0.15) is 13.9 Å². The fourth-order valence-electron chi connectivity index (χ4n) is 5.85. The zero-order valence-corrected chi connectivity index (χ0v) is 26.1. The second-order valence-corrected chi connectivity index (χ2v) is 12.2. The van der Waals surface area contributed by atoms with Crippen molar-refractivity contribution in [3.05, 3.63) is 59.4 Å². The maximum absolute atomic E-state index is 13.8. The summed E-state index contributed by atoms with van der Waals surface area (Å²) in [6.45, 7) is -1.36. The lowest BCUT2D eigenvalue weighted by Gasteiger charge is -2.30. The smallest absolute Gasteiger partial charge is 0.491 e. The maximum Gasteiger partial charge on any atom is 0.586 e. The quantitative estimate of drug-likeness (QED) is 0.168. The van der Waals surface area contributed by atoms with Crippen molar-refractivity contribution in [2.75, 3.05) is 13.2 Å². The minimum Gasteiger partial charge on any atom is -0.491 e. The van der Waals surface area contributed by atoms with E-state index >= 15 is 0 Å². The first kappa shape index (κ1) is 32.4. The predicted molar refractivity (Wildman–Crippen MR) is 164 cm³/mol. The fraction of sp³-hybridized carbons (Fsp3) is 0.394. The Hall–Kier alpha value is -5.12. The van der Waals surface area contributed by atoms with Gasteiger partial charge in [0.15, 0.2) is 11.5 Å². The first-order valence-electron chi connectivity index (χ1n) is 15.7. The van der Waals surface area contributed by atoms with E-state index in [-0.39, 0.29) is 93.6 Å². The number of rotatable bonds is 13. The van der Waals surface area contributed by atoms with E-state index in [2.05, 4.69) is 19.9 Å². The van der Waals surface area contributed by atoms with Crippen LogP contribution in [0.3, 0.4) is 0 Å². The normalized spacial score (nSPS) is 17.6. The number of nitrogens with zero attached hydrogens (tertiary/aromatic N) is 3. The molecule has 49 heavy (non-hydrogen) atoms. The summed E-state index contributed by atoms with van der Waals surface area (Å²) in [5.74, 6) is -1.76. The fourth-order valence-corrected chi connectivity index (χ4v) is 5.85. The number of pyridine rings is 1. The molecular formula is C33H31F4N5O7. The van der Waals surface area contributed by atoms with Gasteiger partial charge in [0, 0.05) is 28.3 Å². The van der Waals surface area contributed by atoms with Gasteiger partial charge in [-0.25, -0.2) is 9.67 Å². The molecule has 4 N–H and O–H groups in total. The number of alkyl halides is 4. The number of carbonyl (C=O) groups is 2. The Morgan fingerprint density at radius 1 is 1.14 bits per heavy atom. The van der Waals surface area contributed by atoms with Crippen molar-refractivity contribution in [3.63, 3.8) is 0 Å². The van der Waals surface area contributed by atoms with E-state index in [0.717, 1.165) is 19.0 Å². The van der Waals surface area contributed by atoms with E-state index in [1.54, 1.807) is 6.92 Å². The van der Waals surface area contributed by atoms with Gasteiger partial charge >= 0.3 is 12.8 Å². The molecule has 2 saturated carbocycles. The molecular weight excluding hydrogens is 654 g/mol. The van der Waals surface area contributed by atoms with E-state index in [1.165, 1.54) is 36.4 Å². The second-order valence-electron chi connectivity index (χ2n) is 12.2. The SMILES string of the molecule is CCOc1c(CC(N)=O)cc([C@@](O)(CNC(=O)c2cc(OC3CC3)c3nn(C(F)F)cc3c2)C2CC2)nc1-c1ccc2c(c1)OC(F)(F)O2. The van der Waals surface area contributed by atoms with Crippen molar-refractivity contribution >= 4 is 22.7 Å². The number of carbonyl (C=O) groups excluding carboxylic acids is 2. The van der Waals surface area contributed by atoms with E-state index in [0.29, 0.717) is 17.5 Å². The molecule has 0 saturated heterocycles. The Bertz CT molecular complexity index is 1960. The van der Waals surface area contributed by atoms with Gasteiger partial charge in [0.25, 0.3) is 5.91 Å². The van der Waals surface area contributed by atoms with Crippen LogP contribution >= 0.6 is 0 Å². The molecule has 2 fully saturated rings. The van der Waals surface area contributed by atoms with Crippen LogP contribution in [0.1, 0.15) is 60.8 Å². The predicted octanol–water partition coefficient (Wildman–Crippen LogP) is 4.81.